The Labute approximate surface area is 354 Å². The Morgan fingerprint density at radius 3 is 2.31 bits per heavy atom. The number of carbonyl (C=O) groups excluding carboxylic acids is 4. The van der Waals surface area contributed by atoms with Gasteiger partial charge in [-0.15, -0.1) is 0 Å². The molecule has 0 aliphatic carbocycles. The third-order valence-electron chi connectivity index (χ3n) is 11.2. The van der Waals surface area contributed by atoms with Crippen LogP contribution in [0, 0.1) is 17.7 Å². The molecule has 7 rings (SSSR count). The summed E-state index contributed by atoms with van der Waals surface area (Å²) in [5.41, 5.74) is -0.638. The lowest BCUT2D eigenvalue weighted by Gasteiger charge is -2.40. The van der Waals surface area contributed by atoms with E-state index in [9.17, 15) is 32.3 Å². The van der Waals surface area contributed by atoms with E-state index in [0.717, 1.165) is 6.07 Å². The van der Waals surface area contributed by atoms with Gasteiger partial charge in [-0.2, -0.15) is 13.2 Å². The molecule has 0 radical (unpaired) electrons. The van der Waals surface area contributed by atoms with Crippen LogP contribution in [0.4, 0.5) is 33.9 Å². The molecule has 2 fully saturated rings. The summed E-state index contributed by atoms with van der Waals surface area (Å²) in [6, 6.07) is 9.02. The second kappa shape index (κ2) is 17.7. The van der Waals surface area contributed by atoms with Gasteiger partial charge in [0.05, 0.1) is 54.4 Å². The molecule has 2 saturated heterocycles. The van der Waals surface area contributed by atoms with Crippen molar-refractivity contribution in [2.75, 3.05) is 43.5 Å². The van der Waals surface area contributed by atoms with Gasteiger partial charge in [0.1, 0.15) is 29.2 Å². The summed E-state index contributed by atoms with van der Waals surface area (Å²) >= 11 is 0. The number of methoxy groups -OCH3 is 1. The summed E-state index contributed by atoms with van der Waals surface area (Å²) in [5.74, 6) is -1.40. The average molecular weight is 859 g/mol. The second-order valence-corrected chi connectivity index (χ2v) is 16.0. The van der Waals surface area contributed by atoms with Crippen LogP contribution in [0.15, 0.2) is 73.4 Å². The predicted molar refractivity (Wildman–Crippen MR) is 220 cm³/mol. The first kappa shape index (κ1) is 43.3. The number of nitrogens with zero attached hydrogens (tertiary/aromatic N) is 6. The van der Waals surface area contributed by atoms with Gasteiger partial charge in [0.25, 0.3) is 11.8 Å². The molecular weight excluding hydrogens is 813 g/mol. The van der Waals surface area contributed by atoms with Gasteiger partial charge in [-0.3, -0.25) is 14.4 Å². The summed E-state index contributed by atoms with van der Waals surface area (Å²) < 4.78 is 63.9. The minimum Gasteiger partial charge on any atom is -0.453 e. The summed E-state index contributed by atoms with van der Waals surface area (Å²) in [6.07, 6.45) is 0.718. The molecule has 0 saturated carbocycles. The number of alkyl carbamates (subject to hydrolysis) is 1. The zero-order chi connectivity index (χ0) is 44.5. The fourth-order valence-electron chi connectivity index (χ4n) is 7.96. The van der Waals surface area contributed by atoms with E-state index in [-0.39, 0.29) is 40.8 Å². The van der Waals surface area contributed by atoms with Gasteiger partial charge in [0, 0.05) is 38.4 Å². The van der Waals surface area contributed by atoms with Gasteiger partial charge in [0.2, 0.25) is 5.91 Å². The zero-order valence-electron chi connectivity index (χ0n) is 34.6. The molecule has 4 amide bonds. The number of pyridine rings is 1. The van der Waals surface area contributed by atoms with Gasteiger partial charge < -0.3 is 40.0 Å². The van der Waals surface area contributed by atoms with Crippen molar-refractivity contribution >= 4 is 35.3 Å². The molecule has 326 valence electrons. The number of likely N-dealkylation sites (tertiary alicyclic amines) is 1. The third-order valence-corrected chi connectivity index (χ3v) is 11.2. The maximum atomic E-state index is 15.6. The molecule has 5 aromatic rings. The number of aromatic amines is 2. The number of hydrogen-bond acceptors (Lipinski definition) is 9. The summed E-state index contributed by atoms with van der Waals surface area (Å²) in [7, 11) is 1.22. The van der Waals surface area contributed by atoms with Crippen LogP contribution in [-0.4, -0.2) is 104 Å². The van der Waals surface area contributed by atoms with Crippen molar-refractivity contribution in [2.24, 2.45) is 11.8 Å². The Morgan fingerprint density at radius 1 is 0.935 bits per heavy atom. The number of benzene rings is 2. The lowest BCUT2D eigenvalue weighted by atomic mass is 9.96. The quantitative estimate of drug-likeness (QED) is 0.109. The SMILES string of the molecule is COC(=O)N[C@H](C(=O)N1C[C@@H](C)C[C@H]1c1ncc(-c2ccc(-c3cc(F)c(NC(=O)c4ccc(N5CCN(C(=O)c6cnc[nH]6)C[C@H]5C)nc4)cc3C(F)(F)F)cc2)[nH]1)C(C)C. The van der Waals surface area contributed by atoms with Crippen LogP contribution < -0.4 is 15.5 Å². The number of ether oxygens (including phenoxy) is 1. The van der Waals surface area contributed by atoms with Crippen LogP contribution in [0.3, 0.4) is 0 Å². The van der Waals surface area contributed by atoms with Crippen molar-refractivity contribution in [2.45, 2.75) is 58.4 Å². The zero-order valence-corrected chi connectivity index (χ0v) is 34.6. The summed E-state index contributed by atoms with van der Waals surface area (Å²) in [4.78, 5) is 75.8. The minimum atomic E-state index is -4.91. The molecule has 15 nitrogen and oxygen atoms in total. The molecule has 0 spiro atoms. The standard InChI is InChI=1S/C43H46F4N10O5/c1-23(2)37(54-42(61)62-5)41(60)57-20-24(3)14-35(57)38-50-19-33(52-38)27-8-6-26(7-9-27)29-15-31(44)32(16-30(29)43(45,46)47)53-39(58)28-10-11-36(49-17-28)56-13-12-55(21-25(56)4)40(59)34-18-48-22-51-34/h6-11,15-19,22-25,35,37H,12-14,20-21H2,1-5H3,(H,48,51)(H,50,52)(H,53,58)(H,54,61)/t24-,25+,35-,37-/m0/s1. The van der Waals surface area contributed by atoms with Crippen LogP contribution in [0.5, 0.6) is 0 Å². The molecule has 3 aromatic heterocycles. The highest BCUT2D eigenvalue weighted by Gasteiger charge is 2.40. The number of H-pyrrole nitrogens is 2. The van der Waals surface area contributed by atoms with Crippen molar-refractivity contribution in [1.82, 2.24) is 40.0 Å². The molecule has 2 aliphatic heterocycles. The van der Waals surface area contributed by atoms with Crippen molar-refractivity contribution in [3.05, 3.63) is 102 Å². The monoisotopic (exact) mass is 858 g/mol. The fraction of sp³-hybridized carbons (Fsp3) is 0.372. The lowest BCUT2D eigenvalue weighted by Crippen LogP contribution is -2.54. The molecule has 4 atom stereocenters. The summed E-state index contributed by atoms with van der Waals surface area (Å²) in [6.45, 7) is 9.32. The molecule has 5 heterocycles. The minimum absolute atomic E-state index is 0.00104. The van der Waals surface area contributed by atoms with Crippen LogP contribution >= 0.6 is 0 Å². The molecule has 0 unspecified atom stereocenters. The fourth-order valence-corrected chi connectivity index (χ4v) is 7.96. The Kier molecular flexibility index (Phi) is 12.3. The third kappa shape index (κ3) is 9.11. The largest absolute Gasteiger partial charge is 0.453 e. The van der Waals surface area contributed by atoms with Crippen molar-refractivity contribution in [3.8, 4) is 22.4 Å². The number of alkyl halides is 3. The predicted octanol–water partition coefficient (Wildman–Crippen LogP) is 6.91. The van der Waals surface area contributed by atoms with Crippen LogP contribution in [0.1, 0.15) is 72.4 Å². The van der Waals surface area contributed by atoms with E-state index in [1.807, 2.05) is 32.6 Å². The number of amides is 4. The van der Waals surface area contributed by atoms with E-state index in [1.54, 1.807) is 34.2 Å². The Bertz CT molecular complexity index is 2420. The Morgan fingerprint density at radius 2 is 1.68 bits per heavy atom. The average Bonchev–Trinajstić information content (AvgIpc) is 4.05. The molecule has 4 N–H and O–H groups in total. The normalized spacial score (nSPS) is 18.5. The second-order valence-electron chi connectivity index (χ2n) is 16.0. The van der Waals surface area contributed by atoms with Crippen molar-refractivity contribution < 1.29 is 41.5 Å². The summed E-state index contributed by atoms with van der Waals surface area (Å²) in [5, 5.41) is 4.89. The van der Waals surface area contributed by atoms with Crippen LogP contribution in [0.25, 0.3) is 22.4 Å². The van der Waals surface area contributed by atoms with Crippen molar-refractivity contribution in [1.29, 1.82) is 0 Å². The topological polar surface area (TPSA) is 182 Å². The molecule has 0 bridgehead atoms. The van der Waals surface area contributed by atoms with Gasteiger partial charge in [-0.05, 0) is 66.1 Å². The van der Waals surface area contributed by atoms with E-state index in [1.165, 1.54) is 44.0 Å². The van der Waals surface area contributed by atoms with Gasteiger partial charge >= 0.3 is 12.3 Å². The van der Waals surface area contributed by atoms with E-state index < -0.39 is 52.9 Å². The van der Waals surface area contributed by atoms with Crippen LogP contribution in [-0.2, 0) is 15.7 Å². The smallest absolute Gasteiger partial charge is 0.417 e. The molecule has 19 heteroatoms. The maximum absolute atomic E-state index is 15.6. The Hall–Kier alpha value is -6.79. The number of hydrogen-bond donors (Lipinski definition) is 4. The first-order valence-corrected chi connectivity index (χ1v) is 20.1. The Balaban J connectivity index is 1.04. The number of halogens is 4. The highest BCUT2D eigenvalue weighted by Crippen LogP contribution is 2.41. The number of carbonyl (C=O) groups is 4. The van der Waals surface area contributed by atoms with Gasteiger partial charge in [-0.1, -0.05) is 45.0 Å². The lowest BCUT2D eigenvalue weighted by molar-refractivity contribution is -0.137. The highest BCUT2D eigenvalue weighted by molar-refractivity contribution is 6.04. The maximum Gasteiger partial charge on any atom is 0.417 e. The number of anilines is 2. The first-order valence-electron chi connectivity index (χ1n) is 20.1. The van der Waals surface area contributed by atoms with E-state index >= 15 is 4.39 Å². The molecule has 2 aromatic carbocycles. The number of piperazine rings is 1. The van der Waals surface area contributed by atoms with E-state index in [0.29, 0.717) is 67.3 Å². The number of rotatable bonds is 10. The van der Waals surface area contributed by atoms with Crippen molar-refractivity contribution in [3.63, 3.8) is 0 Å². The first-order chi connectivity index (χ1) is 29.5. The number of imidazole rings is 2. The van der Waals surface area contributed by atoms with E-state index in [2.05, 4.69) is 35.6 Å². The molecule has 2 aliphatic rings. The van der Waals surface area contributed by atoms with Crippen LogP contribution in [0.2, 0.25) is 0 Å². The van der Waals surface area contributed by atoms with Gasteiger partial charge in [-0.25, -0.2) is 24.1 Å². The molecular formula is C43H46F4N10O5. The highest BCUT2D eigenvalue weighted by atomic mass is 19.4. The number of nitrogens with one attached hydrogen (secondary N) is 4. The number of aromatic nitrogens is 5. The van der Waals surface area contributed by atoms with E-state index in [4.69, 9.17) is 4.74 Å². The van der Waals surface area contributed by atoms with Gasteiger partial charge in [0.15, 0.2) is 0 Å². The molecule has 62 heavy (non-hydrogen) atoms.